The van der Waals surface area contributed by atoms with Crippen LogP contribution in [-0.4, -0.2) is 103 Å². The lowest BCUT2D eigenvalue weighted by Gasteiger charge is -2.46. The Kier molecular flexibility index (Phi) is 13.0. The number of nitrogens with one attached hydrogen (secondary N) is 3. The molecule has 0 aromatic heterocycles. The molecule has 1 spiro atoms. The molecule has 1 heterocycles. The van der Waals surface area contributed by atoms with Gasteiger partial charge in [0.05, 0.1) is 17.6 Å². The van der Waals surface area contributed by atoms with Crippen LogP contribution in [0.3, 0.4) is 0 Å². The van der Waals surface area contributed by atoms with E-state index in [-0.39, 0.29) is 48.1 Å². The number of hydrogen-bond donors (Lipinski definition) is 4. The number of carbonyl (C=O) groups is 4. The van der Waals surface area contributed by atoms with Crippen LogP contribution in [0.5, 0.6) is 0 Å². The van der Waals surface area contributed by atoms with Gasteiger partial charge < -0.3 is 26.0 Å². The lowest BCUT2D eigenvalue weighted by atomic mass is 9.80. The molecule has 4 amide bonds. The minimum atomic E-state index is -1.13. The molecule has 0 aromatic carbocycles. The largest absolute Gasteiger partial charge is 0.378 e. The molecule has 12 heteroatoms. The highest BCUT2D eigenvalue weighted by atomic mass is 32.2. The minimum absolute atomic E-state index is 0.0462. The number of carbonyl (C=O) groups excluding carboxylic acids is 4. The standard InChI is InChI=1S/C41H69N5O6S/c1-9-22-42-36(50)34(48)30(23-27-14-13-15-27)43-35(49)33-28-16-19-40(20-21-40)29(28)25-46(33)32(47)24-31(38(2,3)4)44-37(51)45(8)41(17-11-10-12-18-41)26-53(52)39(5,6)7/h9,27-33,47H,1,10-26H2,2-8H3,(H,42,50)(H,43,49)(H,44,51)/t28-,29-,30?,31+,32?,33-,53?/m0/s1. The van der Waals surface area contributed by atoms with Crippen LogP contribution < -0.4 is 16.0 Å². The zero-order valence-electron chi connectivity index (χ0n) is 33.6. The molecule has 5 aliphatic rings. The number of rotatable bonds is 15. The third-order valence-corrected chi connectivity index (χ3v) is 15.9. The first-order valence-corrected chi connectivity index (χ1v) is 21.7. The van der Waals surface area contributed by atoms with Crippen molar-refractivity contribution in [3.63, 3.8) is 0 Å². The number of hydrogen-bond acceptors (Lipinski definition) is 7. The van der Waals surface area contributed by atoms with E-state index in [1.165, 1.54) is 6.08 Å². The molecule has 1 aliphatic heterocycles. The first-order valence-electron chi connectivity index (χ1n) is 20.4. The highest BCUT2D eigenvalue weighted by molar-refractivity contribution is 7.86. The van der Waals surface area contributed by atoms with Crippen molar-refractivity contribution in [3.05, 3.63) is 12.7 Å². The molecule has 5 rings (SSSR count). The van der Waals surface area contributed by atoms with E-state index in [0.29, 0.717) is 18.7 Å². The number of aliphatic hydroxyl groups excluding tert-OH is 1. The summed E-state index contributed by atoms with van der Waals surface area (Å²) >= 11 is 0. The van der Waals surface area contributed by atoms with E-state index in [9.17, 15) is 28.5 Å². The Morgan fingerprint density at radius 3 is 2.17 bits per heavy atom. The van der Waals surface area contributed by atoms with E-state index in [2.05, 4.69) is 22.5 Å². The Balaban J connectivity index is 1.34. The van der Waals surface area contributed by atoms with Crippen molar-refractivity contribution in [1.82, 2.24) is 25.8 Å². The van der Waals surface area contributed by atoms with Gasteiger partial charge >= 0.3 is 6.03 Å². The summed E-state index contributed by atoms with van der Waals surface area (Å²) in [6.07, 6.45) is 13.1. The number of likely N-dealkylation sites (tertiary alicyclic amines) is 1. The SMILES string of the molecule is C=CCNC(=O)C(=O)C(CC1CCC1)NC(=O)[C@@H]1[C@H]2CCC3(CC3)[C@H]2CN1C(O)C[C@@H](NC(=O)N(C)C1(CS(=O)C(C)(C)C)CCCCC1)C(C)(C)C. The summed E-state index contributed by atoms with van der Waals surface area (Å²) in [7, 11) is 0.695. The second-order valence-corrected chi connectivity index (χ2v) is 21.5. The predicted octanol–water partition coefficient (Wildman–Crippen LogP) is 5.04. The first-order chi connectivity index (χ1) is 24.8. The quantitative estimate of drug-likeness (QED) is 0.135. The summed E-state index contributed by atoms with van der Waals surface area (Å²) in [6.45, 7) is 16.5. The van der Waals surface area contributed by atoms with Crippen LogP contribution in [0.2, 0.25) is 0 Å². The maximum Gasteiger partial charge on any atom is 0.317 e. The molecule has 11 nitrogen and oxygen atoms in total. The molecular weight excluding hydrogens is 691 g/mol. The van der Waals surface area contributed by atoms with Gasteiger partial charge in [-0.3, -0.25) is 23.5 Å². The third kappa shape index (κ3) is 9.39. The van der Waals surface area contributed by atoms with Crippen LogP contribution in [-0.2, 0) is 25.2 Å². The number of amides is 4. The summed E-state index contributed by atoms with van der Waals surface area (Å²) in [5.74, 6) is -0.629. The van der Waals surface area contributed by atoms with Crippen LogP contribution in [0.1, 0.15) is 131 Å². The van der Waals surface area contributed by atoms with Gasteiger partial charge in [0.2, 0.25) is 11.7 Å². The Labute approximate surface area is 321 Å². The minimum Gasteiger partial charge on any atom is -0.378 e. The Hall–Kier alpha value is -2.31. The molecule has 4 N–H and O–H groups in total. The van der Waals surface area contributed by atoms with E-state index in [1.54, 1.807) is 4.90 Å². The second kappa shape index (κ2) is 16.4. The average molecular weight is 760 g/mol. The van der Waals surface area contributed by atoms with Gasteiger partial charge in [-0.15, -0.1) is 6.58 Å². The topological polar surface area (TPSA) is 148 Å². The fraction of sp³-hybridized carbons (Fsp3) is 0.854. The smallest absolute Gasteiger partial charge is 0.317 e. The Morgan fingerprint density at radius 2 is 1.62 bits per heavy atom. The summed E-state index contributed by atoms with van der Waals surface area (Å²) in [6, 6.07) is -2.23. The van der Waals surface area contributed by atoms with Crippen molar-refractivity contribution >= 4 is 34.4 Å². The lowest BCUT2D eigenvalue weighted by Crippen LogP contribution is -2.61. The summed E-state index contributed by atoms with van der Waals surface area (Å²) < 4.78 is 13.1. The number of nitrogens with zero attached hydrogens (tertiary/aromatic N) is 2. The summed E-state index contributed by atoms with van der Waals surface area (Å²) in [5, 5.41) is 21.0. The zero-order chi connectivity index (χ0) is 38.9. The van der Waals surface area contributed by atoms with Gasteiger partial charge in [0.15, 0.2) is 0 Å². The Morgan fingerprint density at radius 1 is 0.962 bits per heavy atom. The van der Waals surface area contributed by atoms with Crippen LogP contribution in [0.25, 0.3) is 0 Å². The third-order valence-electron chi connectivity index (χ3n) is 13.7. The van der Waals surface area contributed by atoms with Crippen LogP contribution in [0, 0.1) is 28.6 Å². The van der Waals surface area contributed by atoms with Crippen LogP contribution >= 0.6 is 0 Å². The van der Waals surface area contributed by atoms with Gasteiger partial charge in [0.25, 0.3) is 5.91 Å². The average Bonchev–Trinajstić information content (AvgIpc) is 3.64. The van der Waals surface area contributed by atoms with Crippen LogP contribution in [0.15, 0.2) is 12.7 Å². The van der Waals surface area contributed by atoms with E-state index in [4.69, 9.17) is 0 Å². The second-order valence-electron chi connectivity index (χ2n) is 19.3. The van der Waals surface area contributed by atoms with Crippen LogP contribution in [0.4, 0.5) is 4.79 Å². The summed E-state index contributed by atoms with van der Waals surface area (Å²) in [4.78, 5) is 58.5. The Bertz CT molecular complexity index is 1390. The maximum atomic E-state index is 14.4. The number of urea groups is 1. The van der Waals surface area contributed by atoms with Crippen molar-refractivity contribution in [2.75, 3.05) is 25.9 Å². The molecule has 0 bridgehead atoms. The van der Waals surface area contributed by atoms with E-state index in [1.807, 2.05) is 53.5 Å². The van der Waals surface area contributed by atoms with Gasteiger partial charge in [-0.1, -0.05) is 65.4 Å². The van der Waals surface area contributed by atoms with Crippen molar-refractivity contribution < 1.29 is 28.5 Å². The van der Waals surface area contributed by atoms with Crippen molar-refractivity contribution in [2.45, 2.75) is 166 Å². The molecule has 5 fully saturated rings. The number of Topliss-reactive ketones (excluding diaryl/α,β-unsaturated/α-hetero) is 1. The molecule has 300 valence electrons. The summed E-state index contributed by atoms with van der Waals surface area (Å²) in [5.41, 5.74) is -0.716. The molecule has 1 saturated heterocycles. The van der Waals surface area contributed by atoms with Gasteiger partial charge in [-0.25, -0.2) is 4.79 Å². The first kappa shape index (κ1) is 41.8. The lowest BCUT2D eigenvalue weighted by molar-refractivity contribution is -0.141. The van der Waals surface area contributed by atoms with Crippen molar-refractivity contribution in [3.8, 4) is 0 Å². The van der Waals surface area contributed by atoms with E-state index in [0.717, 1.165) is 77.0 Å². The highest BCUT2D eigenvalue weighted by Crippen LogP contribution is 2.66. The van der Waals surface area contributed by atoms with Crippen molar-refractivity contribution in [1.29, 1.82) is 0 Å². The van der Waals surface area contributed by atoms with Gasteiger partial charge in [-0.2, -0.15) is 0 Å². The molecule has 0 aromatic rings. The van der Waals surface area contributed by atoms with E-state index < -0.39 is 62.5 Å². The molecule has 4 saturated carbocycles. The monoisotopic (exact) mass is 759 g/mol. The van der Waals surface area contributed by atoms with Gasteiger partial charge in [0, 0.05) is 53.9 Å². The molecule has 53 heavy (non-hydrogen) atoms. The van der Waals surface area contributed by atoms with Gasteiger partial charge in [0.1, 0.15) is 6.23 Å². The molecule has 4 aliphatic carbocycles. The molecule has 3 unspecified atom stereocenters. The van der Waals surface area contributed by atoms with Crippen molar-refractivity contribution in [2.24, 2.45) is 28.6 Å². The fourth-order valence-corrected chi connectivity index (χ4v) is 11.1. The molecule has 7 atom stereocenters. The molecular formula is C41H69N5O6S. The van der Waals surface area contributed by atoms with Gasteiger partial charge in [-0.05, 0) is 94.3 Å². The number of aliphatic hydroxyl groups is 1. The normalized spacial score (nSPS) is 27.4. The zero-order valence-corrected chi connectivity index (χ0v) is 34.5. The predicted molar refractivity (Wildman–Crippen MR) is 209 cm³/mol. The maximum absolute atomic E-state index is 14.4. The number of fused-ring (bicyclic) bond motifs is 2. The highest BCUT2D eigenvalue weighted by Gasteiger charge is 2.63. The fourth-order valence-electron chi connectivity index (χ4n) is 9.67. The van der Waals surface area contributed by atoms with E-state index >= 15 is 0 Å². The molecule has 0 radical (unpaired) electrons. The number of ketones is 1.